The molecule has 0 fully saturated rings. The molecule has 3 nitrogen and oxygen atoms in total. The summed E-state index contributed by atoms with van der Waals surface area (Å²) in [7, 11) is 0. The molecule has 1 heterocycles. The van der Waals surface area contributed by atoms with Gasteiger partial charge in [0, 0.05) is 17.3 Å². The summed E-state index contributed by atoms with van der Waals surface area (Å²) in [5.74, 6) is 0.127. The first kappa shape index (κ1) is 19.7. The number of nitrogens with zero attached hydrogens (tertiary/aromatic N) is 2. The lowest BCUT2D eigenvalue weighted by Gasteiger charge is -2.13. The number of para-hydroxylation sites is 1. The highest BCUT2D eigenvalue weighted by Gasteiger charge is 2.13. The predicted octanol–water partition coefficient (Wildman–Crippen LogP) is 5.72. The van der Waals surface area contributed by atoms with Crippen molar-refractivity contribution in [2.75, 3.05) is 0 Å². The number of aryl methyl sites for hydroxylation is 1. The maximum absolute atomic E-state index is 13.3. The van der Waals surface area contributed by atoms with Crippen LogP contribution in [0.4, 0.5) is 4.39 Å². The third kappa shape index (κ3) is 4.52. The number of rotatable bonds is 6. The smallest absolute Gasteiger partial charge is 0.262 e. The first-order chi connectivity index (χ1) is 14.1. The van der Waals surface area contributed by atoms with E-state index in [9.17, 15) is 9.18 Å². The summed E-state index contributed by atoms with van der Waals surface area (Å²) in [4.78, 5) is 17.8. The van der Waals surface area contributed by atoms with Crippen molar-refractivity contribution in [1.82, 2.24) is 9.55 Å². The maximum atomic E-state index is 13.3. The summed E-state index contributed by atoms with van der Waals surface area (Å²) in [6, 6.07) is 21.8. The van der Waals surface area contributed by atoms with Gasteiger partial charge in [-0.05, 0) is 41.8 Å². The van der Waals surface area contributed by atoms with Crippen LogP contribution in [0.2, 0.25) is 5.02 Å². The van der Waals surface area contributed by atoms with Gasteiger partial charge in [0.2, 0.25) is 0 Å². The molecule has 0 amide bonds. The van der Waals surface area contributed by atoms with Gasteiger partial charge in [0.15, 0.2) is 5.16 Å². The zero-order chi connectivity index (χ0) is 20.2. The van der Waals surface area contributed by atoms with E-state index in [1.54, 1.807) is 16.7 Å². The van der Waals surface area contributed by atoms with Gasteiger partial charge in [-0.3, -0.25) is 9.36 Å². The number of hydrogen-bond donors (Lipinski definition) is 0. The molecule has 0 saturated carbocycles. The molecule has 6 heteroatoms. The quantitative estimate of drug-likeness (QED) is 0.293. The minimum atomic E-state index is -0.368. The van der Waals surface area contributed by atoms with Gasteiger partial charge in [-0.1, -0.05) is 71.9 Å². The minimum Gasteiger partial charge on any atom is -0.287 e. The molecule has 0 radical (unpaired) electrons. The average Bonchev–Trinajstić information content (AvgIpc) is 2.73. The van der Waals surface area contributed by atoms with Crippen LogP contribution in [0.15, 0.2) is 82.7 Å². The number of benzene rings is 3. The van der Waals surface area contributed by atoms with Crippen LogP contribution in [0.1, 0.15) is 11.1 Å². The van der Waals surface area contributed by atoms with E-state index in [1.807, 2.05) is 48.5 Å². The van der Waals surface area contributed by atoms with Crippen LogP contribution in [0.5, 0.6) is 0 Å². The van der Waals surface area contributed by atoms with Crippen LogP contribution in [0, 0.1) is 5.82 Å². The van der Waals surface area contributed by atoms with E-state index >= 15 is 0 Å². The summed E-state index contributed by atoms with van der Waals surface area (Å²) in [6.45, 7) is 0.528. The van der Waals surface area contributed by atoms with Crippen molar-refractivity contribution in [3.8, 4) is 0 Å². The van der Waals surface area contributed by atoms with E-state index in [0.717, 1.165) is 17.5 Å². The molecule has 4 rings (SSSR count). The molecule has 0 unspecified atom stereocenters. The first-order valence-corrected chi connectivity index (χ1v) is 10.6. The zero-order valence-electron chi connectivity index (χ0n) is 15.5. The van der Waals surface area contributed by atoms with Crippen molar-refractivity contribution < 1.29 is 4.39 Å². The van der Waals surface area contributed by atoms with Gasteiger partial charge >= 0.3 is 0 Å². The molecule has 29 heavy (non-hydrogen) atoms. The Morgan fingerprint density at radius 2 is 1.76 bits per heavy atom. The molecule has 4 aromatic rings. The van der Waals surface area contributed by atoms with Crippen LogP contribution in [-0.2, 0) is 18.7 Å². The molecule has 0 aliphatic rings. The normalized spacial score (nSPS) is 11.1. The van der Waals surface area contributed by atoms with Crippen LogP contribution in [-0.4, -0.2) is 9.55 Å². The van der Waals surface area contributed by atoms with Crippen LogP contribution >= 0.6 is 23.4 Å². The fraction of sp³-hybridized carbons (Fsp3) is 0.130. The van der Waals surface area contributed by atoms with E-state index in [0.29, 0.717) is 33.4 Å². The predicted molar refractivity (Wildman–Crippen MR) is 117 cm³/mol. The topological polar surface area (TPSA) is 34.9 Å². The first-order valence-electron chi connectivity index (χ1n) is 9.22. The maximum Gasteiger partial charge on any atom is 0.262 e. The van der Waals surface area contributed by atoms with Gasteiger partial charge in [-0.15, -0.1) is 0 Å². The Bertz CT molecular complexity index is 1210. The minimum absolute atomic E-state index is 0.0563. The Kier molecular flexibility index (Phi) is 5.97. The standard InChI is InChI=1S/C23H18ClFN2OS/c24-20-14-18(25)11-10-17(20)15-29-23-26-21-9-5-4-8-19(21)22(28)27(23)13-12-16-6-2-1-3-7-16/h1-11,14H,12-13,15H2. The summed E-state index contributed by atoms with van der Waals surface area (Å²) < 4.78 is 15.0. The molecule has 0 bridgehead atoms. The Labute approximate surface area is 177 Å². The molecule has 0 spiro atoms. The Morgan fingerprint density at radius 3 is 2.55 bits per heavy atom. The highest BCUT2D eigenvalue weighted by molar-refractivity contribution is 7.98. The van der Waals surface area contributed by atoms with Crippen molar-refractivity contribution in [3.63, 3.8) is 0 Å². The highest BCUT2D eigenvalue weighted by Crippen LogP contribution is 2.27. The molecular formula is C23H18ClFN2OS. The monoisotopic (exact) mass is 424 g/mol. The zero-order valence-corrected chi connectivity index (χ0v) is 17.1. The summed E-state index contributed by atoms with van der Waals surface area (Å²) in [5, 5.41) is 1.60. The van der Waals surface area contributed by atoms with Crippen molar-refractivity contribution in [2.45, 2.75) is 23.9 Å². The third-order valence-electron chi connectivity index (χ3n) is 4.67. The van der Waals surface area contributed by atoms with E-state index < -0.39 is 0 Å². The third-order valence-corrected chi connectivity index (χ3v) is 6.04. The summed E-state index contributed by atoms with van der Waals surface area (Å²) in [5.41, 5.74) is 2.57. The molecule has 146 valence electrons. The highest BCUT2D eigenvalue weighted by atomic mass is 35.5. The molecule has 0 atom stereocenters. The number of hydrogen-bond acceptors (Lipinski definition) is 3. The SMILES string of the molecule is O=c1c2ccccc2nc(SCc2ccc(F)cc2Cl)n1CCc1ccccc1. The van der Waals surface area contributed by atoms with E-state index in [-0.39, 0.29) is 11.4 Å². The lowest BCUT2D eigenvalue weighted by atomic mass is 10.1. The van der Waals surface area contributed by atoms with Crippen LogP contribution in [0.25, 0.3) is 10.9 Å². The molecule has 0 N–H and O–H groups in total. The lowest BCUT2D eigenvalue weighted by molar-refractivity contribution is 0.595. The second kappa shape index (κ2) is 8.80. The Hall–Kier alpha value is -2.63. The molecule has 3 aromatic carbocycles. The van der Waals surface area contributed by atoms with Gasteiger partial charge in [-0.2, -0.15) is 0 Å². The molecule has 0 aliphatic heterocycles. The second-order valence-electron chi connectivity index (χ2n) is 6.63. The number of thioether (sulfide) groups is 1. The lowest BCUT2D eigenvalue weighted by Crippen LogP contribution is -2.24. The summed E-state index contributed by atoms with van der Waals surface area (Å²) >= 11 is 7.59. The van der Waals surface area contributed by atoms with Gasteiger partial charge in [-0.25, -0.2) is 9.37 Å². The van der Waals surface area contributed by atoms with Crippen molar-refractivity contribution in [2.24, 2.45) is 0 Å². The average molecular weight is 425 g/mol. The fourth-order valence-corrected chi connectivity index (χ4v) is 4.46. The van der Waals surface area contributed by atoms with Crippen molar-refractivity contribution in [1.29, 1.82) is 0 Å². The van der Waals surface area contributed by atoms with Crippen LogP contribution < -0.4 is 5.56 Å². The Balaban J connectivity index is 1.67. The molecule has 0 saturated heterocycles. The van der Waals surface area contributed by atoms with E-state index in [1.165, 1.54) is 23.9 Å². The number of fused-ring (bicyclic) bond motifs is 1. The fourth-order valence-electron chi connectivity index (χ4n) is 3.12. The largest absolute Gasteiger partial charge is 0.287 e. The second-order valence-corrected chi connectivity index (χ2v) is 7.98. The number of halogens is 2. The van der Waals surface area contributed by atoms with E-state index in [2.05, 4.69) is 0 Å². The molecule has 0 aliphatic carbocycles. The van der Waals surface area contributed by atoms with Crippen molar-refractivity contribution >= 4 is 34.3 Å². The van der Waals surface area contributed by atoms with E-state index in [4.69, 9.17) is 16.6 Å². The number of aromatic nitrogens is 2. The van der Waals surface area contributed by atoms with Gasteiger partial charge < -0.3 is 0 Å². The Morgan fingerprint density at radius 1 is 1.00 bits per heavy atom. The summed E-state index contributed by atoms with van der Waals surface area (Å²) in [6.07, 6.45) is 0.728. The molecular weight excluding hydrogens is 407 g/mol. The van der Waals surface area contributed by atoms with Gasteiger partial charge in [0.05, 0.1) is 10.9 Å². The van der Waals surface area contributed by atoms with Crippen LogP contribution in [0.3, 0.4) is 0 Å². The molecule has 1 aromatic heterocycles. The van der Waals surface area contributed by atoms with Gasteiger partial charge in [0.1, 0.15) is 5.82 Å². The van der Waals surface area contributed by atoms with Gasteiger partial charge in [0.25, 0.3) is 5.56 Å². The van der Waals surface area contributed by atoms with Crippen molar-refractivity contribution in [3.05, 3.63) is 105 Å².